The van der Waals surface area contributed by atoms with Crippen LogP contribution in [0, 0.1) is 0 Å². The Labute approximate surface area is 108 Å². The average Bonchev–Trinajstić information content (AvgIpc) is 2.77. The van der Waals surface area contributed by atoms with Crippen LogP contribution in [0.5, 0.6) is 0 Å². The van der Waals surface area contributed by atoms with Crippen molar-refractivity contribution in [2.45, 2.75) is 32.2 Å². The molecule has 0 radical (unpaired) electrons. The van der Waals surface area contributed by atoms with Crippen LogP contribution in [0.15, 0.2) is 24.3 Å². The van der Waals surface area contributed by atoms with Gasteiger partial charge in [0, 0.05) is 23.8 Å². The van der Waals surface area contributed by atoms with E-state index < -0.39 is 0 Å². The summed E-state index contributed by atoms with van der Waals surface area (Å²) < 4.78 is 0. The quantitative estimate of drug-likeness (QED) is 0.825. The van der Waals surface area contributed by atoms with E-state index in [4.69, 9.17) is 5.73 Å². The van der Waals surface area contributed by atoms with Crippen molar-refractivity contribution in [3.8, 4) is 0 Å². The van der Waals surface area contributed by atoms with Crippen LogP contribution >= 0.6 is 12.4 Å². The van der Waals surface area contributed by atoms with Gasteiger partial charge in [0.1, 0.15) is 0 Å². The first-order chi connectivity index (χ1) is 7.72. The first-order valence-corrected chi connectivity index (χ1v) is 5.89. The SMILES string of the molecule is CCC1CCCN1C(=O)c1ccc(N)cc1.Cl. The molecule has 1 aliphatic rings. The van der Waals surface area contributed by atoms with E-state index in [2.05, 4.69) is 6.92 Å². The number of nitrogens with zero attached hydrogens (tertiary/aromatic N) is 1. The van der Waals surface area contributed by atoms with Gasteiger partial charge in [-0.2, -0.15) is 0 Å². The van der Waals surface area contributed by atoms with Gasteiger partial charge < -0.3 is 10.6 Å². The molecular weight excluding hydrogens is 236 g/mol. The van der Waals surface area contributed by atoms with Crippen molar-refractivity contribution in [3.63, 3.8) is 0 Å². The molecule has 2 N–H and O–H groups in total. The number of nitrogens with two attached hydrogens (primary N) is 1. The second-order valence-electron chi connectivity index (χ2n) is 4.32. The van der Waals surface area contributed by atoms with Crippen LogP contribution in [0.4, 0.5) is 5.69 Å². The zero-order valence-electron chi connectivity index (χ0n) is 10.1. The minimum atomic E-state index is 0. The molecule has 0 saturated carbocycles. The second kappa shape index (κ2) is 5.92. The van der Waals surface area contributed by atoms with Crippen molar-refractivity contribution in [3.05, 3.63) is 29.8 Å². The summed E-state index contributed by atoms with van der Waals surface area (Å²) in [6, 6.07) is 7.60. The number of carbonyl (C=O) groups excluding carboxylic acids is 1. The number of likely N-dealkylation sites (tertiary alicyclic amines) is 1. The number of halogens is 1. The highest BCUT2D eigenvalue weighted by atomic mass is 35.5. The Hall–Kier alpha value is -1.22. The minimum Gasteiger partial charge on any atom is -0.399 e. The average molecular weight is 255 g/mol. The van der Waals surface area contributed by atoms with Crippen molar-refractivity contribution >= 4 is 24.0 Å². The van der Waals surface area contributed by atoms with E-state index in [1.165, 1.54) is 0 Å². The minimum absolute atomic E-state index is 0. The highest BCUT2D eigenvalue weighted by Gasteiger charge is 2.27. The largest absolute Gasteiger partial charge is 0.399 e. The topological polar surface area (TPSA) is 46.3 Å². The standard InChI is InChI=1S/C13H18N2O.ClH/c1-2-12-4-3-9-15(12)13(16)10-5-7-11(14)8-6-10;/h5-8,12H,2-4,9,14H2,1H3;1H. The summed E-state index contributed by atoms with van der Waals surface area (Å²) in [5.74, 6) is 0.143. The lowest BCUT2D eigenvalue weighted by Gasteiger charge is -2.23. The third kappa shape index (κ3) is 2.91. The molecule has 0 aromatic heterocycles. The van der Waals surface area contributed by atoms with Crippen molar-refractivity contribution < 1.29 is 4.79 Å². The van der Waals surface area contributed by atoms with Gasteiger partial charge in [-0.3, -0.25) is 4.79 Å². The maximum atomic E-state index is 12.2. The number of hydrogen-bond acceptors (Lipinski definition) is 2. The molecule has 0 spiro atoms. The van der Waals surface area contributed by atoms with Gasteiger partial charge in [-0.15, -0.1) is 12.4 Å². The zero-order chi connectivity index (χ0) is 11.5. The van der Waals surface area contributed by atoms with E-state index in [1.807, 2.05) is 17.0 Å². The molecule has 0 bridgehead atoms. The number of benzene rings is 1. The van der Waals surface area contributed by atoms with Crippen molar-refractivity contribution in [2.75, 3.05) is 12.3 Å². The molecule has 1 saturated heterocycles. The summed E-state index contributed by atoms with van der Waals surface area (Å²) in [5.41, 5.74) is 7.05. The van der Waals surface area contributed by atoms with Gasteiger partial charge in [0.05, 0.1) is 0 Å². The van der Waals surface area contributed by atoms with E-state index in [9.17, 15) is 4.79 Å². The Kier molecular flexibility index (Phi) is 4.82. The highest BCUT2D eigenvalue weighted by molar-refractivity contribution is 5.94. The summed E-state index contributed by atoms with van der Waals surface area (Å²) in [4.78, 5) is 14.2. The first kappa shape index (κ1) is 13.8. The maximum absolute atomic E-state index is 12.2. The number of rotatable bonds is 2. The third-order valence-corrected chi connectivity index (χ3v) is 3.27. The summed E-state index contributed by atoms with van der Waals surface area (Å²) in [5, 5.41) is 0. The fraction of sp³-hybridized carbons (Fsp3) is 0.462. The Morgan fingerprint density at radius 2 is 2.06 bits per heavy atom. The van der Waals surface area contributed by atoms with E-state index in [1.54, 1.807) is 12.1 Å². The third-order valence-electron chi connectivity index (χ3n) is 3.27. The first-order valence-electron chi connectivity index (χ1n) is 5.89. The Morgan fingerprint density at radius 1 is 1.41 bits per heavy atom. The van der Waals surface area contributed by atoms with E-state index in [-0.39, 0.29) is 18.3 Å². The summed E-state index contributed by atoms with van der Waals surface area (Å²) in [7, 11) is 0. The van der Waals surface area contributed by atoms with Crippen molar-refractivity contribution in [1.82, 2.24) is 4.90 Å². The molecular formula is C13H19ClN2O. The van der Waals surface area contributed by atoms with E-state index in [0.717, 1.165) is 31.4 Å². The molecule has 1 aromatic carbocycles. The Balaban J connectivity index is 0.00000144. The number of anilines is 1. The van der Waals surface area contributed by atoms with Crippen LogP contribution in [0.3, 0.4) is 0 Å². The monoisotopic (exact) mass is 254 g/mol. The lowest BCUT2D eigenvalue weighted by atomic mass is 10.1. The van der Waals surface area contributed by atoms with Gasteiger partial charge in [0.15, 0.2) is 0 Å². The molecule has 1 aliphatic heterocycles. The molecule has 94 valence electrons. The van der Waals surface area contributed by atoms with E-state index >= 15 is 0 Å². The Morgan fingerprint density at radius 3 is 2.65 bits per heavy atom. The lowest BCUT2D eigenvalue weighted by molar-refractivity contribution is 0.0733. The lowest BCUT2D eigenvalue weighted by Crippen LogP contribution is -2.35. The molecule has 4 heteroatoms. The fourth-order valence-electron chi connectivity index (χ4n) is 2.32. The Bertz CT molecular complexity index is 378. The van der Waals surface area contributed by atoms with Crippen LogP contribution in [0.1, 0.15) is 36.5 Å². The van der Waals surface area contributed by atoms with E-state index in [0.29, 0.717) is 11.7 Å². The van der Waals surface area contributed by atoms with Crippen LogP contribution in [0.2, 0.25) is 0 Å². The van der Waals surface area contributed by atoms with Crippen molar-refractivity contribution in [1.29, 1.82) is 0 Å². The summed E-state index contributed by atoms with van der Waals surface area (Å²) in [6.07, 6.45) is 3.30. The van der Waals surface area contributed by atoms with Crippen LogP contribution in [0.25, 0.3) is 0 Å². The molecule has 1 fully saturated rings. The van der Waals surface area contributed by atoms with Crippen LogP contribution in [-0.2, 0) is 0 Å². The predicted molar refractivity (Wildman–Crippen MR) is 72.5 cm³/mol. The maximum Gasteiger partial charge on any atom is 0.254 e. The van der Waals surface area contributed by atoms with Crippen LogP contribution < -0.4 is 5.73 Å². The molecule has 1 aromatic rings. The highest BCUT2D eigenvalue weighted by Crippen LogP contribution is 2.22. The smallest absolute Gasteiger partial charge is 0.254 e. The molecule has 0 aliphatic carbocycles. The fourth-order valence-corrected chi connectivity index (χ4v) is 2.32. The van der Waals surface area contributed by atoms with Gasteiger partial charge in [0.2, 0.25) is 0 Å². The summed E-state index contributed by atoms with van der Waals surface area (Å²) >= 11 is 0. The second-order valence-corrected chi connectivity index (χ2v) is 4.32. The van der Waals surface area contributed by atoms with Crippen molar-refractivity contribution in [2.24, 2.45) is 0 Å². The number of carbonyl (C=O) groups is 1. The van der Waals surface area contributed by atoms with Gasteiger partial charge in [-0.25, -0.2) is 0 Å². The number of hydrogen-bond donors (Lipinski definition) is 1. The molecule has 1 atom stereocenters. The van der Waals surface area contributed by atoms with Gasteiger partial charge >= 0.3 is 0 Å². The number of nitrogen functional groups attached to an aromatic ring is 1. The molecule has 1 heterocycles. The van der Waals surface area contributed by atoms with Crippen LogP contribution in [-0.4, -0.2) is 23.4 Å². The molecule has 3 nitrogen and oxygen atoms in total. The van der Waals surface area contributed by atoms with Gasteiger partial charge in [-0.05, 0) is 43.5 Å². The normalized spacial score (nSPS) is 18.9. The number of amides is 1. The molecule has 1 unspecified atom stereocenters. The van der Waals surface area contributed by atoms with Gasteiger partial charge in [-0.1, -0.05) is 6.92 Å². The zero-order valence-corrected chi connectivity index (χ0v) is 10.9. The molecule has 17 heavy (non-hydrogen) atoms. The molecule has 1 amide bonds. The summed E-state index contributed by atoms with van der Waals surface area (Å²) in [6.45, 7) is 3.03. The van der Waals surface area contributed by atoms with Gasteiger partial charge in [0.25, 0.3) is 5.91 Å². The predicted octanol–water partition coefficient (Wildman–Crippen LogP) is 2.71. The molecule has 2 rings (SSSR count).